The van der Waals surface area contributed by atoms with Crippen LogP contribution in [0.5, 0.6) is 17.2 Å². The lowest BCUT2D eigenvalue weighted by Crippen LogP contribution is -2.74. The van der Waals surface area contributed by atoms with Gasteiger partial charge in [-0.25, -0.2) is 4.98 Å². The van der Waals surface area contributed by atoms with E-state index >= 15 is 0 Å². The number of halogens is 1. The monoisotopic (exact) mass is 977 g/mol. The Hall–Kier alpha value is -6.49. The van der Waals surface area contributed by atoms with Gasteiger partial charge in [0, 0.05) is 53.6 Å². The number of amides is 5. The second-order valence-electron chi connectivity index (χ2n) is 20.0. The number of hydrogen-bond donors (Lipinski definition) is 6. The second-order valence-corrected chi connectivity index (χ2v) is 21.3. The number of benzene rings is 4. The number of nitrogens with zero attached hydrogens (tertiary/aromatic N) is 2. The largest absolute Gasteiger partial charge is 0.489 e. The van der Waals surface area contributed by atoms with Crippen LogP contribution >= 0.6 is 22.9 Å². The molecule has 3 atom stereocenters. The number of ether oxygens (including phenoxy) is 2. The number of aliphatic hydroxyl groups is 1. The van der Waals surface area contributed by atoms with E-state index in [-0.39, 0.29) is 43.1 Å². The molecule has 2 aliphatic rings. The summed E-state index contributed by atoms with van der Waals surface area (Å²) < 4.78 is 12.3. The summed E-state index contributed by atoms with van der Waals surface area (Å²) >= 11 is 7.78. The molecule has 15 nitrogen and oxygen atoms in total. The molecule has 0 unspecified atom stereocenters. The molecule has 1 aromatic heterocycles. The molecule has 1 aliphatic carbocycles. The average Bonchev–Trinajstić information content (AvgIpc) is 3.93. The van der Waals surface area contributed by atoms with Crippen LogP contribution < -0.4 is 36.5 Å². The van der Waals surface area contributed by atoms with E-state index in [1.54, 1.807) is 104 Å². The van der Waals surface area contributed by atoms with Crippen molar-refractivity contribution in [3.05, 3.63) is 124 Å². The minimum Gasteiger partial charge on any atom is -0.489 e. The van der Waals surface area contributed by atoms with Gasteiger partial charge in [-0.1, -0.05) is 84.3 Å². The minimum absolute atomic E-state index is 0.0527. The summed E-state index contributed by atoms with van der Waals surface area (Å²) in [6.07, 6.45) is -1.07. The summed E-state index contributed by atoms with van der Waals surface area (Å²) in [5.74, 6) is -0.767. The highest BCUT2D eigenvalue weighted by atomic mass is 35.5. The molecule has 1 saturated heterocycles. The maximum atomic E-state index is 14.1. The zero-order chi connectivity index (χ0) is 50.0. The van der Waals surface area contributed by atoms with Gasteiger partial charge in [0.1, 0.15) is 35.4 Å². The van der Waals surface area contributed by atoms with Gasteiger partial charge in [0.05, 0.1) is 39.4 Å². The zero-order valence-electron chi connectivity index (χ0n) is 40.0. The molecule has 4 aromatic carbocycles. The highest BCUT2D eigenvalue weighted by molar-refractivity contribution is 7.13. The number of nitrogens with one attached hydrogen (secondary N) is 4. The SMILES string of the molecule is Cc1ncsc1-c1ccc(CNC(=O)[C@@H]2C[C@@H](O)CN2C(=O)[C@@H](NC(=O)CNC(=O)c2ccc(Oc3ccc(C(=O)N[C@H]4C(C)(C)[C@H](Oc5ccc(N)c(Cl)c5)C4(C)C)cc3)cc2)C(C)(C)C)cc1. The number of carbonyl (C=O) groups excluding carboxylic acids is 5. The van der Waals surface area contributed by atoms with Crippen LogP contribution in [-0.2, 0) is 20.9 Å². The maximum Gasteiger partial charge on any atom is 0.251 e. The Balaban J connectivity index is 0.877. The highest BCUT2D eigenvalue weighted by Gasteiger charge is 2.64. The van der Waals surface area contributed by atoms with Gasteiger partial charge in [0.25, 0.3) is 11.8 Å². The summed E-state index contributed by atoms with van der Waals surface area (Å²) in [5, 5.41) is 22.5. The van der Waals surface area contributed by atoms with E-state index in [0.717, 1.165) is 21.7 Å². The van der Waals surface area contributed by atoms with Crippen LogP contribution in [0.25, 0.3) is 10.4 Å². The number of rotatable bonds is 15. The van der Waals surface area contributed by atoms with E-state index in [1.165, 1.54) is 4.90 Å². The first-order valence-electron chi connectivity index (χ1n) is 22.8. The third kappa shape index (κ3) is 11.4. The van der Waals surface area contributed by atoms with E-state index in [0.29, 0.717) is 33.5 Å². The topological polar surface area (TPSA) is 214 Å². The third-order valence-corrected chi connectivity index (χ3v) is 14.2. The van der Waals surface area contributed by atoms with Crippen molar-refractivity contribution in [3.63, 3.8) is 0 Å². The Kier molecular flexibility index (Phi) is 14.8. The molecule has 2 heterocycles. The summed E-state index contributed by atoms with van der Waals surface area (Å²) in [6, 6.07) is 23.8. The lowest BCUT2D eigenvalue weighted by atomic mass is 9.49. The van der Waals surface area contributed by atoms with Gasteiger partial charge < -0.3 is 46.5 Å². The zero-order valence-corrected chi connectivity index (χ0v) is 41.6. The standard InChI is InChI=1S/C52H60ClN7O8S/c1-29-42(69-28-57-29)31-11-9-30(10-12-31)25-55-46(65)40-23-34(61)27-60(40)47(66)43(50(2,3)4)58-41(62)26-56-44(63)32-13-17-35(18-14-32)67-36-19-15-33(16-20-36)45(64)59-48-51(5,6)49(52(48,7)8)68-37-21-22-39(54)38(53)24-37/h9-22,24,28,34,40,43,48-49,61H,23,25-27,54H2,1-8H3,(H,55,65)(H,56,63)(H,58,62)(H,59,64)/t34-,40+,43-,48-,49-/m1/s1. The summed E-state index contributed by atoms with van der Waals surface area (Å²) in [6.45, 7) is 15.3. The van der Waals surface area contributed by atoms with Gasteiger partial charge in [0.15, 0.2) is 0 Å². The van der Waals surface area contributed by atoms with E-state index in [2.05, 4.69) is 53.9 Å². The highest BCUT2D eigenvalue weighted by Crippen LogP contribution is 2.55. The number of nitrogen functional groups attached to an aromatic ring is 1. The average molecular weight is 979 g/mol. The first-order valence-corrected chi connectivity index (χ1v) is 24.0. The van der Waals surface area contributed by atoms with Gasteiger partial charge in [-0.3, -0.25) is 24.0 Å². The molecule has 0 spiro atoms. The third-order valence-electron chi connectivity index (χ3n) is 12.9. The molecule has 2 fully saturated rings. The van der Waals surface area contributed by atoms with Gasteiger partial charge in [0.2, 0.25) is 17.7 Å². The summed E-state index contributed by atoms with van der Waals surface area (Å²) in [7, 11) is 0. The van der Waals surface area contributed by atoms with Crippen LogP contribution in [0.4, 0.5) is 5.69 Å². The van der Waals surface area contributed by atoms with Crippen molar-refractivity contribution >= 4 is 58.2 Å². The molecule has 0 bridgehead atoms. The van der Waals surface area contributed by atoms with E-state index < -0.39 is 64.6 Å². The molecular weight excluding hydrogens is 918 g/mol. The molecule has 1 saturated carbocycles. The molecular formula is C52H60ClN7O8S. The molecule has 1 aliphatic heterocycles. The molecule has 17 heteroatoms. The number of hydrogen-bond acceptors (Lipinski definition) is 11. The van der Waals surface area contributed by atoms with Crippen molar-refractivity contribution in [1.82, 2.24) is 31.2 Å². The van der Waals surface area contributed by atoms with Crippen molar-refractivity contribution in [3.8, 4) is 27.7 Å². The number of carbonyl (C=O) groups is 5. The van der Waals surface area contributed by atoms with Gasteiger partial charge >= 0.3 is 0 Å². The Morgan fingerprint density at radius 2 is 1.46 bits per heavy atom. The maximum absolute atomic E-state index is 14.1. The fourth-order valence-electron chi connectivity index (χ4n) is 9.47. The molecule has 7 N–H and O–H groups in total. The van der Waals surface area contributed by atoms with Gasteiger partial charge in [-0.2, -0.15) is 0 Å². The van der Waals surface area contributed by atoms with Crippen molar-refractivity contribution < 1.29 is 38.6 Å². The van der Waals surface area contributed by atoms with E-state index in [9.17, 15) is 29.1 Å². The lowest BCUT2D eigenvalue weighted by Gasteiger charge is -2.63. The predicted molar refractivity (Wildman–Crippen MR) is 266 cm³/mol. The smallest absolute Gasteiger partial charge is 0.251 e. The lowest BCUT2D eigenvalue weighted by molar-refractivity contribution is -0.164. The van der Waals surface area contributed by atoms with Crippen molar-refractivity contribution in [2.24, 2.45) is 16.2 Å². The Morgan fingerprint density at radius 1 is 0.870 bits per heavy atom. The van der Waals surface area contributed by atoms with Crippen LogP contribution in [0.15, 0.2) is 96.5 Å². The number of nitrogens with two attached hydrogens (primary N) is 1. The number of aromatic nitrogens is 1. The number of anilines is 1. The normalized spacial score (nSPS) is 19.7. The molecule has 5 aromatic rings. The van der Waals surface area contributed by atoms with Crippen LogP contribution in [-0.4, -0.2) is 87.9 Å². The van der Waals surface area contributed by atoms with E-state index in [4.69, 9.17) is 26.8 Å². The van der Waals surface area contributed by atoms with Crippen LogP contribution in [0.2, 0.25) is 5.02 Å². The number of aryl methyl sites for hydroxylation is 1. The first-order chi connectivity index (χ1) is 32.5. The van der Waals surface area contributed by atoms with Crippen LogP contribution in [0.3, 0.4) is 0 Å². The van der Waals surface area contributed by atoms with Gasteiger partial charge in [-0.05, 0) is 84.1 Å². The molecule has 7 rings (SSSR count). The first kappa shape index (κ1) is 50.4. The van der Waals surface area contributed by atoms with Crippen LogP contribution in [0.1, 0.15) is 86.9 Å². The quantitative estimate of drug-likeness (QED) is 0.0576. The second kappa shape index (κ2) is 20.2. The summed E-state index contributed by atoms with van der Waals surface area (Å²) in [4.78, 5) is 74.1. The Bertz CT molecular complexity index is 2680. The minimum atomic E-state index is -1.07. The Labute approximate surface area is 411 Å². The Morgan fingerprint density at radius 3 is 2.03 bits per heavy atom. The van der Waals surface area contributed by atoms with Crippen molar-refractivity contribution in [1.29, 1.82) is 0 Å². The summed E-state index contributed by atoms with van der Waals surface area (Å²) in [5.41, 5.74) is 10.1. The van der Waals surface area contributed by atoms with Crippen molar-refractivity contribution in [2.45, 2.75) is 98.7 Å². The fourth-order valence-corrected chi connectivity index (χ4v) is 10.5. The number of aliphatic hydroxyl groups excluding tert-OH is 1. The fraction of sp³-hybridized carbons (Fsp3) is 0.385. The van der Waals surface area contributed by atoms with Crippen LogP contribution in [0, 0.1) is 23.2 Å². The number of β-amino-alcohol motifs (C(OH)–C–C–N with tert-alkyl or cyclic N) is 1. The van der Waals surface area contributed by atoms with Crippen molar-refractivity contribution in [2.75, 3.05) is 18.8 Å². The number of thiazole rings is 1. The molecule has 69 heavy (non-hydrogen) atoms. The predicted octanol–water partition coefficient (Wildman–Crippen LogP) is 7.30. The molecule has 364 valence electrons. The number of likely N-dealkylation sites (tertiary alicyclic amines) is 1. The van der Waals surface area contributed by atoms with Gasteiger partial charge in [-0.15, -0.1) is 11.3 Å². The van der Waals surface area contributed by atoms with E-state index in [1.807, 2.05) is 31.2 Å². The molecule has 0 radical (unpaired) electrons. The molecule has 5 amide bonds.